The van der Waals surface area contributed by atoms with E-state index >= 15 is 0 Å². The van der Waals surface area contributed by atoms with Crippen LogP contribution in [0.5, 0.6) is 0 Å². The summed E-state index contributed by atoms with van der Waals surface area (Å²) in [5.41, 5.74) is 5.45. The number of rotatable bonds is 4. The zero-order valence-corrected chi connectivity index (χ0v) is 10.7. The second-order valence-corrected chi connectivity index (χ2v) is 4.33. The molecule has 0 aliphatic heterocycles. The minimum atomic E-state index is -0.666. The molecule has 1 amide bonds. The molecule has 0 spiro atoms. The smallest absolute Gasteiger partial charge is 0.234 e. The van der Waals surface area contributed by atoms with Crippen LogP contribution in [0.15, 0.2) is 18.2 Å². The van der Waals surface area contributed by atoms with Crippen LogP contribution in [-0.4, -0.2) is 10.9 Å². The molecular formula is C11H12ClFN2OS. The molecule has 3 nitrogen and oxygen atoms in total. The summed E-state index contributed by atoms with van der Waals surface area (Å²) in [4.78, 5) is 11.9. The lowest BCUT2D eigenvalue weighted by molar-refractivity contribution is -0.118. The fourth-order valence-electron chi connectivity index (χ4n) is 1.34. The predicted molar refractivity (Wildman–Crippen MR) is 70.6 cm³/mol. The summed E-state index contributed by atoms with van der Waals surface area (Å²) in [5, 5.41) is 2.37. The molecule has 6 heteroatoms. The van der Waals surface area contributed by atoms with Crippen LogP contribution in [0.1, 0.15) is 13.3 Å². The first-order chi connectivity index (χ1) is 7.97. The fourth-order valence-corrected chi connectivity index (χ4v) is 1.78. The molecule has 0 heterocycles. The Kier molecular flexibility index (Phi) is 4.84. The maximum Gasteiger partial charge on any atom is 0.234 e. The second kappa shape index (κ2) is 5.93. The van der Waals surface area contributed by atoms with E-state index in [1.165, 1.54) is 12.1 Å². The van der Waals surface area contributed by atoms with E-state index in [0.29, 0.717) is 6.42 Å². The Morgan fingerprint density at radius 1 is 1.65 bits per heavy atom. The van der Waals surface area contributed by atoms with Crippen LogP contribution < -0.4 is 11.1 Å². The maximum absolute atomic E-state index is 13.5. The van der Waals surface area contributed by atoms with Crippen molar-refractivity contribution in [3.05, 3.63) is 29.0 Å². The molecule has 1 atom stereocenters. The van der Waals surface area contributed by atoms with Crippen LogP contribution in [0.2, 0.25) is 5.02 Å². The first kappa shape index (κ1) is 13.9. The predicted octanol–water partition coefficient (Wildman–Crippen LogP) is 2.73. The van der Waals surface area contributed by atoms with E-state index in [0.717, 1.165) is 0 Å². The molecule has 0 fully saturated rings. The van der Waals surface area contributed by atoms with Crippen LogP contribution >= 0.6 is 23.8 Å². The van der Waals surface area contributed by atoms with Gasteiger partial charge in [0.1, 0.15) is 0 Å². The normalized spacial score (nSPS) is 11.9. The summed E-state index contributed by atoms with van der Waals surface area (Å²) in [7, 11) is 0. The number of hydrogen-bond acceptors (Lipinski definition) is 2. The van der Waals surface area contributed by atoms with Crippen molar-refractivity contribution in [2.24, 2.45) is 11.7 Å². The van der Waals surface area contributed by atoms with E-state index in [1.807, 2.05) is 0 Å². The second-order valence-electron chi connectivity index (χ2n) is 3.45. The van der Waals surface area contributed by atoms with Crippen LogP contribution in [-0.2, 0) is 4.79 Å². The third-order valence-electron chi connectivity index (χ3n) is 2.28. The van der Waals surface area contributed by atoms with Gasteiger partial charge in [-0.3, -0.25) is 4.79 Å². The maximum atomic E-state index is 13.5. The van der Waals surface area contributed by atoms with E-state index < -0.39 is 17.6 Å². The SMILES string of the molecule is CCC(C(=O)Nc1cccc(Cl)c1F)C(N)=S. The summed E-state index contributed by atoms with van der Waals surface area (Å²) in [6, 6.07) is 4.37. The van der Waals surface area contributed by atoms with Gasteiger partial charge in [-0.2, -0.15) is 0 Å². The number of amides is 1. The molecule has 1 rings (SSSR count). The highest BCUT2D eigenvalue weighted by Gasteiger charge is 2.20. The average Bonchev–Trinajstić information content (AvgIpc) is 2.25. The van der Waals surface area contributed by atoms with Crippen LogP contribution in [0, 0.1) is 11.7 Å². The zero-order chi connectivity index (χ0) is 13.0. The van der Waals surface area contributed by atoms with Crippen molar-refractivity contribution < 1.29 is 9.18 Å². The van der Waals surface area contributed by atoms with Crippen molar-refractivity contribution in [3.63, 3.8) is 0 Å². The van der Waals surface area contributed by atoms with Gasteiger partial charge in [-0.05, 0) is 18.6 Å². The Hall–Kier alpha value is -1.20. The molecule has 0 radical (unpaired) electrons. The summed E-state index contributed by atoms with van der Waals surface area (Å²) in [5.74, 6) is -1.70. The lowest BCUT2D eigenvalue weighted by Crippen LogP contribution is -2.32. The molecule has 1 aromatic carbocycles. The molecule has 0 aliphatic carbocycles. The first-order valence-electron chi connectivity index (χ1n) is 5.01. The Bertz CT molecular complexity index is 453. The quantitative estimate of drug-likeness (QED) is 0.830. The molecule has 0 aromatic heterocycles. The van der Waals surface area contributed by atoms with Crippen molar-refractivity contribution in [3.8, 4) is 0 Å². The third-order valence-corrected chi connectivity index (χ3v) is 2.85. The number of thiocarbonyl (C=S) groups is 1. The Morgan fingerprint density at radius 2 is 2.29 bits per heavy atom. The van der Waals surface area contributed by atoms with Crippen molar-refractivity contribution in [1.82, 2.24) is 0 Å². The molecule has 0 aliphatic rings. The number of carbonyl (C=O) groups is 1. The first-order valence-corrected chi connectivity index (χ1v) is 5.80. The van der Waals surface area contributed by atoms with Gasteiger partial charge in [0.25, 0.3) is 0 Å². The van der Waals surface area contributed by atoms with E-state index in [2.05, 4.69) is 5.32 Å². The molecule has 0 saturated carbocycles. The van der Waals surface area contributed by atoms with Gasteiger partial charge >= 0.3 is 0 Å². The standard InChI is InChI=1S/C11H12ClFN2OS/c1-2-6(10(14)17)11(16)15-8-5-3-4-7(12)9(8)13/h3-6H,2H2,1H3,(H2,14,17)(H,15,16). The number of nitrogens with two attached hydrogens (primary N) is 1. The van der Waals surface area contributed by atoms with Crippen molar-refractivity contribution >= 4 is 40.4 Å². The van der Waals surface area contributed by atoms with Crippen molar-refractivity contribution in [2.45, 2.75) is 13.3 Å². The number of carbonyl (C=O) groups excluding carboxylic acids is 1. The highest BCUT2D eigenvalue weighted by Crippen LogP contribution is 2.22. The fraction of sp³-hybridized carbons (Fsp3) is 0.273. The van der Waals surface area contributed by atoms with Gasteiger partial charge in [0.2, 0.25) is 5.91 Å². The van der Waals surface area contributed by atoms with Gasteiger partial charge in [-0.15, -0.1) is 0 Å². The van der Waals surface area contributed by atoms with E-state index in [-0.39, 0.29) is 15.7 Å². The summed E-state index contributed by atoms with van der Waals surface area (Å²) < 4.78 is 13.5. The molecule has 0 saturated heterocycles. The number of hydrogen-bond donors (Lipinski definition) is 2. The number of anilines is 1. The number of benzene rings is 1. The molecule has 1 unspecified atom stereocenters. The molecule has 0 bridgehead atoms. The van der Waals surface area contributed by atoms with E-state index in [4.69, 9.17) is 29.6 Å². The van der Waals surface area contributed by atoms with E-state index in [1.54, 1.807) is 13.0 Å². The minimum Gasteiger partial charge on any atom is -0.393 e. The molecule has 92 valence electrons. The molecular weight excluding hydrogens is 263 g/mol. The molecule has 17 heavy (non-hydrogen) atoms. The Morgan fingerprint density at radius 3 is 2.82 bits per heavy atom. The topological polar surface area (TPSA) is 55.1 Å². The largest absolute Gasteiger partial charge is 0.393 e. The van der Waals surface area contributed by atoms with Gasteiger partial charge in [0, 0.05) is 0 Å². The van der Waals surface area contributed by atoms with Crippen molar-refractivity contribution in [1.29, 1.82) is 0 Å². The summed E-state index contributed by atoms with van der Waals surface area (Å²) in [6.07, 6.45) is 0.462. The molecule has 1 aromatic rings. The number of halogens is 2. The van der Waals surface area contributed by atoms with Gasteiger partial charge in [0.15, 0.2) is 5.82 Å². The molecule has 3 N–H and O–H groups in total. The Balaban J connectivity index is 2.88. The van der Waals surface area contributed by atoms with Crippen LogP contribution in [0.3, 0.4) is 0 Å². The Labute approximate surface area is 109 Å². The lowest BCUT2D eigenvalue weighted by atomic mass is 10.1. The highest BCUT2D eigenvalue weighted by atomic mass is 35.5. The lowest BCUT2D eigenvalue weighted by Gasteiger charge is -2.14. The minimum absolute atomic E-state index is 0.0252. The van der Waals surface area contributed by atoms with Crippen LogP contribution in [0.25, 0.3) is 0 Å². The van der Waals surface area contributed by atoms with Crippen LogP contribution in [0.4, 0.5) is 10.1 Å². The summed E-state index contributed by atoms with van der Waals surface area (Å²) >= 11 is 10.4. The van der Waals surface area contributed by atoms with Crippen molar-refractivity contribution in [2.75, 3.05) is 5.32 Å². The number of nitrogens with one attached hydrogen (secondary N) is 1. The van der Waals surface area contributed by atoms with Gasteiger partial charge in [-0.1, -0.05) is 36.8 Å². The third kappa shape index (κ3) is 3.38. The summed E-state index contributed by atoms with van der Waals surface area (Å²) in [6.45, 7) is 1.78. The zero-order valence-electron chi connectivity index (χ0n) is 9.17. The van der Waals surface area contributed by atoms with E-state index in [9.17, 15) is 9.18 Å². The van der Waals surface area contributed by atoms with Gasteiger partial charge in [0.05, 0.1) is 21.6 Å². The highest BCUT2D eigenvalue weighted by molar-refractivity contribution is 7.80. The van der Waals surface area contributed by atoms with Gasteiger partial charge in [-0.25, -0.2) is 4.39 Å². The van der Waals surface area contributed by atoms with Gasteiger partial charge < -0.3 is 11.1 Å². The average molecular weight is 275 g/mol. The monoisotopic (exact) mass is 274 g/mol.